The Balaban J connectivity index is 1.62. The fraction of sp³-hybridized carbons (Fsp3) is 0.261. The summed E-state index contributed by atoms with van der Waals surface area (Å²) < 4.78 is 23.4. The van der Waals surface area contributed by atoms with Gasteiger partial charge in [-0.3, -0.25) is 0 Å². The van der Waals surface area contributed by atoms with E-state index in [1.165, 1.54) is 0 Å². The summed E-state index contributed by atoms with van der Waals surface area (Å²) in [4.78, 5) is 0. The van der Waals surface area contributed by atoms with E-state index in [2.05, 4.69) is 6.07 Å². The first kappa shape index (κ1) is 17.7. The molecular formula is C23H22N2O4. The normalized spacial score (nSPS) is 19.8. The first-order valence-corrected chi connectivity index (χ1v) is 9.74. The van der Waals surface area contributed by atoms with E-state index in [1.807, 2.05) is 60.5 Å². The number of furan rings is 1. The summed E-state index contributed by atoms with van der Waals surface area (Å²) in [6, 6.07) is 17.8. The molecule has 0 saturated heterocycles. The van der Waals surface area contributed by atoms with Gasteiger partial charge in [-0.25, -0.2) is 5.01 Å². The number of hydrazone groups is 1. The van der Waals surface area contributed by atoms with Crippen LogP contribution in [-0.4, -0.2) is 24.4 Å². The molecule has 0 saturated carbocycles. The Kier molecular flexibility index (Phi) is 4.39. The molecule has 2 aliphatic heterocycles. The predicted octanol–water partition coefficient (Wildman–Crippen LogP) is 4.93. The average Bonchev–Trinajstić information content (AvgIpc) is 3.44. The second kappa shape index (κ2) is 7.20. The molecule has 1 aromatic heterocycles. The van der Waals surface area contributed by atoms with Crippen molar-refractivity contribution in [3.63, 3.8) is 0 Å². The van der Waals surface area contributed by atoms with Crippen molar-refractivity contribution < 1.29 is 18.6 Å². The van der Waals surface area contributed by atoms with E-state index in [9.17, 15) is 0 Å². The number of nitrogens with zero attached hydrogens (tertiary/aromatic N) is 2. The summed E-state index contributed by atoms with van der Waals surface area (Å²) in [6.45, 7) is 2.55. The Morgan fingerprint density at radius 3 is 2.83 bits per heavy atom. The van der Waals surface area contributed by atoms with Crippen LogP contribution in [0.2, 0.25) is 0 Å². The van der Waals surface area contributed by atoms with Crippen LogP contribution in [0.1, 0.15) is 42.5 Å². The van der Waals surface area contributed by atoms with E-state index in [1.54, 1.807) is 13.4 Å². The highest BCUT2D eigenvalue weighted by molar-refractivity contribution is 5.99. The minimum absolute atomic E-state index is 0.0375. The number of hydrogen-bond acceptors (Lipinski definition) is 6. The lowest BCUT2D eigenvalue weighted by molar-refractivity contribution is -0.0213. The van der Waals surface area contributed by atoms with Crippen LogP contribution >= 0.6 is 0 Å². The van der Waals surface area contributed by atoms with Crippen molar-refractivity contribution in [1.82, 2.24) is 5.01 Å². The molecule has 148 valence electrons. The standard InChI is InChI=1S/C23H22N2O4/c1-3-27-21-10-5-9-17-19-14-18(20-11-6-12-28-20)24-25(19)23(29-22(17)21)15-7-4-8-16(13-15)26-2/h4-13,19,23H,3,14H2,1-2H3/t19-,23+/m0/s1. The van der Waals surface area contributed by atoms with Crippen LogP contribution in [0.15, 0.2) is 70.4 Å². The number of hydrogen-bond donors (Lipinski definition) is 0. The molecule has 3 aromatic rings. The third kappa shape index (κ3) is 3.01. The summed E-state index contributed by atoms with van der Waals surface area (Å²) in [5.74, 6) is 3.09. The van der Waals surface area contributed by atoms with Gasteiger partial charge in [0.2, 0.25) is 6.23 Å². The number of fused-ring (bicyclic) bond motifs is 3. The van der Waals surface area contributed by atoms with Crippen LogP contribution in [0, 0.1) is 0 Å². The fourth-order valence-electron chi connectivity index (χ4n) is 3.96. The van der Waals surface area contributed by atoms with Gasteiger partial charge < -0.3 is 18.6 Å². The number of para-hydroxylation sites is 1. The number of methoxy groups -OCH3 is 1. The van der Waals surface area contributed by atoms with Crippen molar-refractivity contribution in [2.75, 3.05) is 13.7 Å². The van der Waals surface area contributed by atoms with Crippen molar-refractivity contribution in [3.8, 4) is 17.2 Å². The molecule has 2 aliphatic rings. The highest BCUT2D eigenvalue weighted by atomic mass is 16.5. The Morgan fingerprint density at radius 1 is 1.14 bits per heavy atom. The van der Waals surface area contributed by atoms with Crippen LogP contribution in [0.3, 0.4) is 0 Å². The van der Waals surface area contributed by atoms with Crippen molar-refractivity contribution in [2.45, 2.75) is 25.6 Å². The Labute approximate surface area is 169 Å². The topological polar surface area (TPSA) is 56.4 Å². The second-order valence-electron chi connectivity index (χ2n) is 6.98. The van der Waals surface area contributed by atoms with Gasteiger partial charge in [-0.15, -0.1) is 0 Å². The Morgan fingerprint density at radius 2 is 2.03 bits per heavy atom. The summed E-state index contributed by atoms with van der Waals surface area (Å²) in [7, 11) is 1.66. The van der Waals surface area contributed by atoms with Gasteiger partial charge in [0.05, 0.1) is 26.0 Å². The zero-order valence-corrected chi connectivity index (χ0v) is 16.4. The van der Waals surface area contributed by atoms with E-state index >= 15 is 0 Å². The van der Waals surface area contributed by atoms with Crippen LogP contribution in [0.25, 0.3) is 0 Å². The van der Waals surface area contributed by atoms with Crippen LogP contribution in [0.5, 0.6) is 17.2 Å². The summed E-state index contributed by atoms with van der Waals surface area (Å²) >= 11 is 0. The molecule has 0 unspecified atom stereocenters. The van der Waals surface area contributed by atoms with Gasteiger partial charge in [0.15, 0.2) is 11.5 Å². The quantitative estimate of drug-likeness (QED) is 0.618. The molecule has 3 heterocycles. The van der Waals surface area contributed by atoms with E-state index in [4.69, 9.17) is 23.7 Å². The highest BCUT2D eigenvalue weighted by Crippen LogP contribution is 2.50. The zero-order valence-electron chi connectivity index (χ0n) is 16.4. The predicted molar refractivity (Wildman–Crippen MR) is 108 cm³/mol. The van der Waals surface area contributed by atoms with Gasteiger partial charge in [0.25, 0.3) is 0 Å². The van der Waals surface area contributed by atoms with Crippen LogP contribution < -0.4 is 14.2 Å². The van der Waals surface area contributed by atoms with Gasteiger partial charge in [0.1, 0.15) is 17.2 Å². The summed E-state index contributed by atoms with van der Waals surface area (Å²) in [6.07, 6.45) is 2.02. The third-order valence-electron chi connectivity index (χ3n) is 5.26. The fourth-order valence-corrected chi connectivity index (χ4v) is 3.96. The van der Waals surface area contributed by atoms with Gasteiger partial charge in [0, 0.05) is 17.5 Å². The van der Waals surface area contributed by atoms with Crippen LogP contribution in [0.4, 0.5) is 0 Å². The Bertz CT molecular complexity index is 1040. The minimum atomic E-state index is -0.392. The van der Waals surface area contributed by atoms with Gasteiger partial charge >= 0.3 is 0 Å². The maximum atomic E-state index is 6.49. The zero-order chi connectivity index (χ0) is 19.8. The lowest BCUT2D eigenvalue weighted by atomic mass is 9.97. The Hall–Kier alpha value is -3.41. The number of benzene rings is 2. The first-order valence-electron chi connectivity index (χ1n) is 9.74. The van der Waals surface area contributed by atoms with Crippen molar-refractivity contribution in [3.05, 3.63) is 77.7 Å². The van der Waals surface area contributed by atoms with E-state index in [-0.39, 0.29) is 6.04 Å². The number of ether oxygens (including phenoxy) is 3. The SMILES string of the molecule is CCOc1cccc2c1O[C@H](c1cccc(OC)c1)N1N=C(c3ccco3)C[C@@H]21. The molecule has 6 nitrogen and oxygen atoms in total. The molecule has 29 heavy (non-hydrogen) atoms. The molecular weight excluding hydrogens is 368 g/mol. The lowest BCUT2D eigenvalue weighted by Crippen LogP contribution is -2.34. The summed E-state index contributed by atoms with van der Waals surface area (Å²) in [5.41, 5.74) is 2.95. The van der Waals surface area contributed by atoms with E-state index in [0.717, 1.165) is 46.3 Å². The maximum Gasteiger partial charge on any atom is 0.214 e. The first-order chi connectivity index (χ1) is 14.3. The number of rotatable bonds is 5. The molecule has 0 fully saturated rings. The van der Waals surface area contributed by atoms with Crippen LogP contribution in [-0.2, 0) is 0 Å². The molecule has 0 spiro atoms. The van der Waals surface area contributed by atoms with E-state index in [0.29, 0.717) is 6.61 Å². The average molecular weight is 390 g/mol. The van der Waals surface area contributed by atoms with Crippen molar-refractivity contribution in [1.29, 1.82) is 0 Å². The molecule has 2 aromatic carbocycles. The van der Waals surface area contributed by atoms with Gasteiger partial charge in [-0.05, 0) is 37.3 Å². The van der Waals surface area contributed by atoms with Crippen molar-refractivity contribution >= 4 is 5.71 Å². The molecule has 0 amide bonds. The molecule has 2 atom stereocenters. The molecule has 5 rings (SSSR count). The molecule has 0 aliphatic carbocycles. The molecule has 0 N–H and O–H groups in total. The molecule has 6 heteroatoms. The van der Waals surface area contributed by atoms with E-state index < -0.39 is 6.23 Å². The smallest absolute Gasteiger partial charge is 0.214 e. The van der Waals surface area contributed by atoms with Gasteiger partial charge in [-0.1, -0.05) is 24.3 Å². The second-order valence-corrected chi connectivity index (χ2v) is 6.98. The summed E-state index contributed by atoms with van der Waals surface area (Å²) in [5, 5.41) is 6.91. The van der Waals surface area contributed by atoms with Gasteiger partial charge in [-0.2, -0.15) is 5.10 Å². The maximum absolute atomic E-state index is 6.49. The highest BCUT2D eigenvalue weighted by Gasteiger charge is 2.42. The monoisotopic (exact) mass is 390 g/mol. The molecule has 0 radical (unpaired) electrons. The third-order valence-corrected chi connectivity index (χ3v) is 5.26. The lowest BCUT2D eigenvalue weighted by Gasteiger charge is -2.38. The van der Waals surface area contributed by atoms with Crippen molar-refractivity contribution in [2.24, 2.45) is 5.10 Å². The molecule has 0 bridgehead atoms. The minimum Gasteiger partial charge on any atom is -0.497 e. The largest absolute Gasteiger partial charge is 0.497 e.